The summed E-state index contributed by atoms with van der Waals surface area (Å²) in [6, 6.07) is 36.0. The van der Waals surface area contributed by atoms with Gasteiger partial charge < -0.3 is 10.1 Å². The van der Waals surface area contributed by atoms with Crippen molar-refractivity contribution in [3.8, 4) is 11.5 Å². The van der Waals surface area contributed by atoms with Crippen LogP contribution in [0.4, 0.5) is 5.69 Å². The second-order valence-corrected chi connectivity index (χ2v) is 7.99. The molecule has 0 radical (unpaired) electrons. The minimum atomic E-state index is 0.0149. The SMILES string of the molecule is Cc1cccc(NC(=O)CC(Cc2ccccc2)c2ccc(Oc3ccccc3)cc2)c1. The summed E-state index contributed by atoms with van der Waals surface area (Å²) in [6.07, 6.45) is 1.20. The van der Waals surface area contributed by atoms with Crippen LogP contribution in [0.1, 0.15) is 29.0 Å². The number of hydrogen-bond acceptors (Lipinski definition) is 2. The molecule has 32 heavy (non-hydrogen) atoms. The van der Waals surface area contributed by atoms with Crippen molar-refractivity contribution in [2.24, 2.45) is 0 Å². The molecule has 0 aliphatic carbocycles. The van der Waals surface area contributed by atoms with Crippen LogP contribution in [0.3, 0.4) is 0 Å². The molecule has 0 saturated carbocycles. The van der Waals surface area contributed by atoms with Crippen molar-refractivity contribution in [1.29, 1.82) is 0 Å². The van der Waals surface area contributed by atoms with Crippen molar-refractivity contribution in [2.45, 2.75) is 25.7 Å². The van der Waals surface area contributed by atoms with Crippen LogP contribution in [0.2, 0.25) is 0 Å². The largest absolute Gasteiger partial charge is 0.457 e. The fourth-order valence-corrected chi connectivity index (χ4v) is 3.80. The normalized spacial score (nSPS) is 11.5. The molecule has 4 aromatic rings. The second kappa shape index (κ2) is 10.5. The fraction of sp³-hybridized carbons (Fsp3) is 0.138. The Morgan fingerprint density at radius 2 is 1.44 bits per heavy atom. The van der Waals surface area contributed by atoms with E-state index in [1.807, 2.05) is 91.9 Å². The lowest BCUT2D eigenvalue weighted by Crippen LogP contribution is -2.17. The van der Waals surface area contributed by atoms with E-state index in [0.29, 0.717) is 6.42 Å². The van der Waals surface area contributed by atoms with Gasteiger partial charge in [0.2, 0.25) is 5.91 Å². The molecule has 0 spiro atoms. The minimum absolute atomic E-state index is 0.0149. The van der Waals surface area contributed by atoms with Gasteiger partial charge in [0.1, 0.15) is 11.5 Å². The summed E-state index contributed by atoms with van der Waals surface area (Å²) in [7, 11) is 0. The van der Waals surface area contributed by atoms with Gasteiger partial charge in [0.25, 0.3) is 0 Å². The van der Waals surface area contributed by atoms with Crippen molar-refractivity contribution in [1.82, 2.24) is 0 Å². The van der Waals surface area contributed by atoms with E-state index < -0.39 is 0 Å². The monoisotopic (exact) mass is 421 g/mol. The highest BCUT2D eigenvalue weighted by atomic mass is 16.5. The van der Waals surface area contributed by atoms with Gasteiger partial charge >= 0.3 is 0 Å². The van der Waals surface area contributed by atoms with Crippen molar-refractivity contribution >= 4 is 11.6 Å². The number of benzene rings is 4. The number of nitrogens with one attached hydrogen (secondary N) is 1. The number of ether oxygens (including phenoxy) is 1. The molecule has 3 nitrogen and oxygen atoms in total. The van der Waals surface area contributed by atoms with E-state index in [0.717, 1.165) is 34.7 Å². The zero-order chi connectivity index (χ0) is 22.2. The molecule has 3 heteroatoms. The molecule has 1 N–H and O–H groups in total. The predicted molar refractivity (Wildman–Crippen MR) is 130 cm³/mol. The third-order valence-electron chi connectivity index (χ3n) is 5.39. The van der Waals surface area contributed by atoms with Crippen LogP contribution in [0, 0.1) is 6.92 Å². The van der Waals surface area contributed by atoms with Gasteiger partial charge in [-0.3, -0.25) is 4.79 Å². The third-order valence-corrected chi connectivity index (χ3v) is 5.39. The van der Waals surface area contributed by atoms with Gasteiger partial charge in [-0.1, -0.05) is 72.8 Å². The Morgan fingerprint density at radius 3 is 2.12 bits per heavy atom. The molecule has 4 rings (SSSR count). The highest BCUT2D eigenvalue weighted by Gasteiger charge is 2.17. The van der Waals surface area contributed by atoms with E-state index in [9.17, 15) is 4.79 Å². The number of anilines is 1. The quantitative estimate of drug-likeness (QED) is 0.328. The van der Waals surface area contributed by atoms with Gasteiger partial charge in [-0.2, -0.15) is 0 Å². The Labute approximate surface area is 189 Å². The van der Waals surface area contributed by atoms with Crippen LogP contribution in [0.15, 0.2) is 109 Å². The summed E-state index contributed by atoms with van der Waals surface area (Å²) in [6.45, 7) is 2.02. The van der Waals surface area contributed by atoms with E-state index in [-0.39, 0.29) is 11.8 Å². The molecule has 0 saturated heterocycles. The molecule has 0 bridgehead atoms. The number of carbonyl (C=O) groups is 1. The molecule has 1 unspecified atom stereocenters. The Morgan fingerprint density at radius 1 is 0.781 bits per heavy atom. The van der Waals surface area contributed by atoms with Gasteiger partial charge in [0, 0.05) is 12.1 Å². The number of amides is 1. The first-order chi connectivity index (χ1) is 15.7. The van der Waals surface area contributed by atoms with E-state index in [2.05, 4.69) is 29.6 Å². The summed E-state index contributed by atoms with van der Waals surface area (Å²) in [4.78, 5) is 12.9. The maximum atomic E-state index is 12.9. The van der Waals surface area contributed by atoms with Gasteiger partial charge in [0.05, 0.1) is 0 Å². The summed E-state index contributed by atoms with van der Waals surface area (Å²) < 4.78 is 5.92. The molecule has 160 valence electrons. The molecular formula is C29H27NO2. The van der Waals surface area contributed by atoms with Gasteiger partial charge in [-0.05, 0) is 72.4 Å². The van der Waals surface area contributed by atoms with Gasteiger partial charge in [-0.15, -0.1) is 0 Å². The lowest BCUT2D eigenvalue weighted by molar-refractivity contribution is -0.116. The first kappa shape index (κ1) is 21.4. The summed E-state index contributed by atoms with van der Waals surface area (Å²) in [5.41, 5.74) is 4.29. The Kier molecular flexibility index (Phi) is 6.98. The summed E-state index contributed by atoms with van der Waals surface area (Å²) in [5, 5.41) is 3.05. The van der Waals surface area contributed by atoms with Crippen molar-refractivity contribution < 1.29 is 9.53 Å². The zero-order valence-corrected chi connectivity index (χ0v) is 18.2. The van der Waals surface area contributed by atoms with Crippen molar-refractivity contribution in [2.75, 3.05) is 5.32 Å². The molecule has 1 amide bonds. The minimum Gasteiger partial charge on any atom is -0.457 e. The Hall–Kier alpha value is -3.85. The lowest BCUT2D eigenvalue weighted by atomic mass is 9.89. The van der Waals surface area contributed by atoms with E-state index in [1.54, 1.807) is 0 Å². The van der Waals surface area contributed by atoms with Crippen LogP contribution >= 0.6 is 0 Å². The molecule has 0 heterocycles. The van der Waals surface area contributed by atoms with Crippen LogP contribution in [-0.4, -0.2) is 5.91 Å². The van der Waals surface area contributed by atoms with E-state index >= 15 is 0 Å². The van der Waals surface area contributed by atoms with Crippen LogP contribution in [0.5, 0.6) is 11.5 Å². The molecule has 0 aliphatic rings. The average Bonchev–Trinajstić information content (AvgIpc) is 2.80. The molecule has 4 aromatic carbocycles. The van der Waals surface area contributed by atoms with Crippen molar-refractivity contribution in [3.63, 3.8) is 0 Å². The lowest BCUT2D eigenvalue weighted by Gasteiger charge is -2.18. The topological polar surface area (TPSA) is 38.3 Å². The number of para-hydroxylation sites is 1. The predicted octanol–water partition coefficient (Wildman–Crippen LogP) is 7.14. The molecule has 1 atom stereocenters. The van der Waals surface area contributed by atoms with Crippen LogP contribution in [-0.2, 0) is 11.2 Å². The molecule has 0 fully saturated rings. The van der Waals surface area contributed by atoms with Gasteiger partial charge in [-0.25, -0.2) is 0 Å². The van der Waals surface area contributed by atoms with Crippen LogP contribution in [0.25, 0.3) is 0 Å². The molecule has 0 aliphatic heterocycles. The molecule has 0 aromatic heterocycles. The maximum absolute atomic E-state index is 12.9. The smallest absolute Gasteiger partial charge is 0.224 e. The maximum Gasteiger partial charge on any atom is 0.224 e. The number of aryl methyl sites for hydroxylation is 1. The highest BCUT2D eigenvalue weighted by Crippen LogP contribution is 2.28. The number of carbonyl (C=O) groups excluding carboxylic acids is 1. The fourth-order valence-electron chi connectivity index (χ4n) is 3.80. The molecular weight excluding hydrogens is 394 g/mol. The van der Waals surface area contributed by atoms with Crippen LogP contribution < -0.4 is 10.1 Å². The average molecular weight is 422 g/mol. The highest BCUT2D eigenvalue weighted by molar-refractivity contribution is 5.91. The number of hydrogen-bond donors (Lipinski definition) is 1. The first-order valence-electron chi connectivity index (χ1n) is 10.9. The standard InChI is InChI=1S/C29H27NO2/c1-22-9-8-12-26(19-22)30-29(31)21-25(20-23-10-4-2-5-11-23)24-15-17-28(18-16-24)32-27-13-6-3-7-14-27/h2-19,25H,20-21H2,1H3,(H,30,31). The van der Waals surface area contributed by atoms with E-state index in [1.165, 1.54) is 5.56 Å². The van der Waals surface area contributed by atoms with E-state index in [4.69, 9.17) is 4.74 Å². The Balaban J connectivity index is 1.50. The Bertz CT molecular complexity index is 1140. The summed E-state index contributed by atoms with van der Waals surface area (Å²) in [5.74, 6) is 1.66. The second-order valence-electron chi connectivity index (χ2n) is 7.99. The summed E-state index contributed by atoms with van der Waals surface area (Å²) >= 11 is 0. The van der Waals surface area contributed by atoms with Crippen molar-refractivity contribution in [3.05, 3.63) is 126 Å². The first-order valence-corrected chi connectivity index (χ1v) is 10.9. The zero-order valence-electron chi connectivity index (χ0n) is 18.2. The third kappa shape index (κ3) is 6.08. The van der Waals surface area contributed by atoms with Gasteiger partial charge in [0.15, 0.2) is 0 Å². The number of rotatable bonds is 8.